The molecule has 0 unspecified atom stereocenters. The van der Waals surface area contributed by atoms with Crippen molar-refractivity contribution in [1.82, 2.24) is 0 Å². The predicted octanol–water partition coefficient (Wildman–Crippen LogP) is 3.41. The first-order valence-corrected chi connectivity index (χ1v) is 4.82. The van der Waals surface area contributed by atoms with Gasteiger partial charge in [-0.1, -0.05) is 40.0 Å². The van der Waals surface area contributed by atoms with Crippen molar-refractivity contribution in [2.75, 3.05) is 6.61 Å². The van der Waals surface area contributed by atoms with Gasteiger partial charge in [0.2, 0.25) is 0 Å². The monoisotopic (exact) mass is 157 g/mol. The summed E-state index contributed by atoms with van der Waals surface area (Å²) in [5.74, 6) is 0. The van der Waals surface area contributed by atoms with Gasteiger partial charge in [0, 0.05) is 0 Å². The Kier molecular flexibility index (Phi) is 5.57. The number of hydrogen-bond donors (Lipinski definition) is 0. The normalized spacial score (nSPS) is 12.0. The highest BCUT2D eigenvalue weighted by Crippen LogP contribution is 2.35. The molecule has 1 nitrogen and oxygen atoms in total. The summed E-state index contributed by atoms with van der Waals surface area (Å²) < 4.78 is 0. The highest BCUT2D eigenvalue weighted by molar-refractivity contribution is 4.75. The van der Waals surface area contributed by atoms with Crippen LogP contribution in [0.25, 0.3) is 0 Å². The molecule has 0 spiro atoms. The first-order chi connectivity index (χ1) is 5.24. The molecule has 0 atom stereocenters. The molecule has 0 amide bonds. The van der Waals surface area contributed by atoms with Gasteiger partial charge in [-0.05, 0) is 18.3 Å². The molecule has 1 heteroatoms. The summed E-state index contributed by atoms with van der Waals surface area (Å²) in [6, 6.07) is 0. The lowest BCUT2D eigenvalue weighted by molar-refractivity contribution is 0.112. The first-order valence-electron chi connectivity index (χ1n) is 4.82. The van der Waals surface area contributed by atoms with Crippen LogP contribution < -0.4 is 0 Å². The average molecular weight is 157 g/mol. The van der Waals surface area contributed by atoms with E-state index in [0.717, 1.165) is 6.42 Å². The maximum Gasteiger partial charge on any atom is 0.0827 e. The number of hydrogen-bond acceptors (Lipinski definition) is 0. The SMILES string of the molecule is CCCC(CC)(CC)CC[O]. The van der Waals surface area contributed by atoms with Crippen LogP contribution in [0.2, 0.25) is 0 Å². The van der Waals surface area contributed by atoms with E-state index in [-0.39, 0.29) is 6.61 Å². The minimum Gasteiger partial charge on any atom is -0.237 e. The van der Waals surface area contributed by atoms with E-state index in [2.05, 4.69) is 20.8 Å². The molecule has 11 heavy (non-hydrogen) atoms. The third kappa shape index (κ3) is 3.24. The van der Waals surface area contributed by atoms with E-state index in [9.17, 15) is 5.11 Å². The van der Waals surface area contributed by atoms with Crippen LogP contribution in [-0.2, 0) is 5.11 Å². The molecule has 0 rings (SSSR count). The van der Waals surface area contributed by atoms with Gasteiger partial charge in [-0.3, -0.25) is 0 Å². The Morgan fingerprint density at radius 2 is 1.55 bits per heavy atom. The van der Waals surface area contributed by atoms with Crippen LogP contribution in [-0.4, -0.2) is 6.61 Å². The molecule has 0 saturated carbocycles. The van der Waals surface area contributed by atoms with Gasteiger partial charge < -0.3 is 0 Å². The van der Waals surface area contributed by atoms with E-state index in [1.807, 2.05) is 0 Å². The summed E-state index contributed by atoms with van der Waals surface area (Å²) in [5.41, 5.74) is 0.372. The van der Waals surface area contributed by atoms with E-state index in [0.29, 0.717) is 5.41 Å². The molecule has 0 aromatic heterocycles. The summed E-state index contributed by atoms with van der Waals surface area (Å²) in [7, 11) is 0. The van der Waals surface area contributed by atoms with Gasteiger partial charge >= 0.3 is 0 Å². The minimum atomic E-state index is 0.0989. The second-order valence-corrected chi connectivity index (χ2v) is 3.41. The number of rotatable bonds is 6. The third-order valence-electron chi connectivity index (χ3n) is 2.91. The zero-order chi connectivity index (χ0) is 8.74. The first kappa shape index (κ1) is 11.0. The predicted molar refractivity (Wildman–Crippen MR) is 48.1 cm³/mol. The summed E-state index contributed by atoms with van der Waals surface area (Å²) in [5, 5.41) is 10.5. The molecule has 0 fully saturated rings. The maximum absolute atomic E-state index is 10.5. The molecule has 0 saturated heterocycles. The molecule has 0 heterocycles. The van der Waals surface area contributed by atoms with Gasteiger partial charge in [-0.2, -0.15) is 0 Å². The molecule has 0 aromatic rings. The van der Waals surface area contributed by atoms with Crippen LogP contribution in [0.1, 0.15) is 52.9 Å². The van der Waals surface area contributed by atoms with Gasteiger partial charge in [0.15, 0.2) is 0 Å². The Morgan fingerprint density at radius 1 is 1.00 bits per heavy atom. The summed E-state index contributed by atoms with van der Waals surface area (Å²) in [6.45, 7) is 6.70. The van der Waals surface area contributed by atoms with Gasteiger partial charge in [0.25, 0.3) is 0 Å². The molecular weight excluding hydrogens is 136 g/mol. The Morgan fingerprint density at radius 3 is 1.82 bits per heavy atom. The zero-order valence-electron chi connectivity index (χ0n) is 8.15. The summed E-state index contributed by atoms with van der Waals surface area (Å²) in [4.78, 5) is 0. The van der Waals surface area contributed by atoms with Gasteiger partial charge in [0.1, 0.15) is 0 Å². The highest BCUT2D eigenvalue weighted by atomic mass is 16.3. The van der Waals surface area contributed by atoms with Crippen LogP contribution >= 0.6 is 0 Å². The van der Waals surface area contributed by atoms with Crippen molar-refractivity contribution in [2.45, 2.75) is 52.9 Å². The van der Waals surface area contributed by atoms with Crippen molar-refractivity contribution in [3.63, 3.8) is 0 Å². The fourth-order valence-electron chi connectivity index (χ4n) is 1.83. The van der Waals surface area contributed by atoms with Crippen molar-refractivity contribution in [2.24, 2.45) is 5.41 Å². The Hall–Kier alpha value is -0.0400. The molecule has 0 bridgehead atoms. The topological polar surface area (TPSA) is 19.9 Å². The van der Waals surface area contributed by atoms with E-state index < -0.39 is 0 Å². The minimum absolute atomic E-state index is 0.0989. The molecular formula is C10H21O. The van der Waals surface area contributed by atoms with Crippen molar-refractivity contribution in [3.8, 4) is 0 Å². The quantitative estimate of drug-likeness (QED) is 0.563. The van der Waals surface area contributed by atoms with Crippen LogP contribution in [0, 0.1) is 5.41 Å². The second kappa shape index (κ2) is 5.59. The Bertz CT molecular complexity index is 76.9. The van der Waals surface area contributed by atoms with Gasteiger partial charge in [0.05, 0.1) is 6.61 Å². The standard InChI is InChI=1S/C10H21O/c1-4-7-10(5-2,6-3)8-9-11/h4-9H2,1-3H3. The largest absolute Gasteiger partial charge is 0.237 e. The van der Waals surface area contributed by atoms with E-state index in [1.54, 1.807) is 0 Å². The summed E-state index contributed by atoms with van der Waals surface area (Å²) in [6.07, 6.45) is 5.64. The van der Waals surface area contributed by atoms with E-state index in [4.69, 9.17) is 0 Å². The maximum atomic E-state index is 10.5. The lowest BCUT2D eigenvalue weighted by Gasteiger charge is -2.30. The van der Waals surface area contributed by atoms with Crippen LogP contribution in [0.3, 0.4) is 0 Å². The highest BCUT2D eigenvalue weighted by Gasteiger charge is 2.23. The van der Waals surface area contributed by atoms with Crippen LogP contribution in [0.4, 0.5) is 0 Å². The Labute approximate surface area is 70.8 Å². The lowest BCUT2D eigenvalue weighted by atomic mass is 9.76. The van der Waals surface area contributed by atoms with Gasteiger partial charge in [-0.25, -0.2) is 5.11 Å². The van der Waals surface area contributed by atoms with Crippen LogP contribution in [0.5, 0.6) is 0 Å². The molecule has 0 aliphatic rings. The van der Waals surface area contributed by atoms with Crippen molar-refractivity contribution in [1.29, 1.82) is 0 Å². The van der Waals surface area contributed by atoms with E-state index >= 15 is 0 Å². The molecule has 67 valence electrons. The molecule has 0 aliphatic carbocycles. The molecule has 0 N–H and O–H groups in total. The second-order valence-electron chi connectivity index (χ2n) is 3.41. The van der Waals surface area contributed by atoms with Crippen LogP contribution in [0.15, 0.2) is 0 Å². The average Bonchev–Trinajstić information content (AvgIpc) is 2.04. The molecule has 0 aromatic carbocycles. The smallest absolute Gasteiger partial charge is 0.0827 e. The van der Waals surface area contributed by atoms with Gasteiger partial charge in [-0.15, -0.1) is 0 Å². The Balaban J connectivity index is 3.96. The van der Waals surface area contributed by atoms with E-state index in [1.165, 1.54) is 25.7 Å². The van der Waals surface area contributed by atoms with Crippen molar-refractivity contribution >= 4 is 0 Å². The lowest BCUT2D eigenvalue weighted by Crippen LogP contribution is -2.19. The third-order valence-corrected chi connectivity index (χ3v) is 2.91. The zero-order valence-corrected chi connectivity index (χ0v) is 8.15. The van der Waals surface area contributed by atoms with Crippen molar-refractivity contribution in [3.05, 3.63) is 0 Å². The summed E-state index contributed by atoms with van der Waals surface area (Å²) >= 11 is 0. The fourth-order valence-corrected chi connectivity index (χ4v) is 1.83. The fraction of sp³-hybridized carbons (Fsp3) is 1.00. The molecule has 0 aliphatic heterocycles. The molecule has 1 radical (unpaired) electrons. The van der Waals surface area contributed by atoms with Crippen molar-refractivity contribution < 1.29 is 5.11 Å².